The highest BCUT2D eigenvalue weighted by molar-refractivity contribution is 5.41. The lowest BCUT2D eigenvalue weighted by molar-refractivity contribution is 0.0925. The summed E-state index contributed by atoms with van der Waals surface area (Å²) in [5, 5.41) is 3.45. The maximum atomic E-state index is 5.56. The van der Waals surface area contributed by atoms with Crippen molar-refractivity contribution >= 4 is 5.82 Å². The number of nitrogens with zero attached hydrogens (tertiary/aromatic N) is 2. The van der Waals surface area contributed by atoms with Gasteiger partial charge >= 0.3 is 0 Å². The Morgan fingerprint density at radius 2 is 2.30 bits per heavy atom. The number of ether oxygens (including phenoxy) is 1. The zero-order valence-electron chi connectivity index (χ0n) is 12.9. The minimum Gasteiger partial charge on any atom is -0.377 e. The molecule has 1 aromatic rings. The lowest BCUT2D eigenvalue weighted by atomic mass is 10.1. The summed E-state index contributed by atoms with van der Waals surface area (Å²) in [5.41, 5.74) is 1.12. The summed E-state index contributed by atoms with van der Waals surface area (Å²) >= 11 is 0. The van der Waals surface area contributed by atoms with Gasteiger partial charge in [-0.25, -0.2) is 4.98 Å². The van der Waals surface area contributed by atoms with E-state index in [1.165, 1.54) is 0 Å². The fourth-order valence-electron chi connectivity index (χ4n) is 2.51. The number of hydrogen-bond donors (Lipinski definition) is 1. The molecule has 1 N–H and O–H groups in total. The molecule has 2 rings (SSSR count). The molecule has 4 heteroatoms. The van der Waals surface area contributed by atoms with Crippen LogP contribution in [0, 0.1) is 5.92 Å². The van der Waals surface area contributed by atoms with Crippen LogP contribution in [0.2, 0.25) is 0 Å². The van der Waals surface area contributed by atoms with Crippen molar-refractivity contribution < 1.29 is 4.74 Å². The summed E-state index contributed by atoms with van der Waals surface area (Å²) in [7, 11) is 0. The number of rotatable bonds is 6. The molecule has 1 saturated heterocycles. The van der Waals surface area contributed by atoms with Gasteiger partial charge in [-0.3, -0.25) is 0 Å². The first-order valence-corrected chi connectivity index (χ1v) is 7.71. The number of aromatic nitrogens is 1. The number of pyridine rings is 1. The third kappa shape index (κ3) is 4.18. The molecule has 1 aliphatic rings. The van der Waals surface area contributed by atoms with E-state index in [0.717, 1.165) is 50.8 Å². The topological polar surface area (TPSA) is 37.4 Å². The fourth-order valence-corrected chi connectivity index (χ4v) is 2.51. The largest absolute Gasteiger partial charge is 0.377 e. The molecule has 0 saturated carbocycles. The maximum absolute atomic E-state index is 5.56. The predicted molar refractivity (Wildman–Crippen MR) is 83.0 cm³/mol. The Morgan fingerprint density at radius 3 is 3.05 bits per heavy atom. The zero-order valence-corrected chi connectivity index (χ0v) is 12.9. The summed E-state index contributed by atoms with van der Waals surface area (Å²) in [5.74, 6) is 1.76. The van der Waals surface area contributed by atoms with Crippen molar-refractivity contribution in [2.45, 2.75) is 39.8 Å². The Labute approximate surface area is 122 Å². The van der Waals surface area contributed by atoms with Gasteiger partial charge in [0.05, 0.1) is 24.9 Å². The molecule has 1 unspecified atom stereocenters. The van der Waals surface area contributed by atoms with E-state index in [0.29, 0.717) is 12.0 Å². The second kappa shape index (κ2) is 7.60. The number of morpholine rings is 1. The van der Waals surface area contributed by atoms with Gasteiger partial charge in [0.15, 0.2) is 0 Å². The number of hydrogen-bond acceptors (Lipinski definition) is 4. The van der Waals surface area contributed by atoms with Gasteiger partial charge < -0.3 is 15.0 Å². The molecule has 0 spiro atoms. The van der Waals surface area contributed by atoms with Crippen LogP contribution in [0.15, 0.2) is 18.2 Å². The molecule has 0 radical (unpaired) electrons. The molecule has 1 atom stereocenters. The molecule has 2 heterocycles. The van der Waals surface area contributed by atoms with Gasteiger partial charge in [-0.1, -0.05) is 26.8 Å². The number of nitrogens with one attached hydrogen (secondary N) is 1. The van der Waals surface area contributed by atoms with Crippen molar-refractivity contribution in [2.24, 2.45) is 5.92 Å². The van der Waals surface area contributed by atoms with Gasteiger partial charge in [0.1, 0.15) is 5.82 Å². The van der Waals surface area contributed by atoms with E-state index in [1.807, 2.05) is 0 Å². The van der Waals surface area contributed by atoms with E-state index in [-0.39, 0.29) is 0 Å². The Kier molecular flexibility index (Phi) is 5.80. The normalized spacial score (nSPS) is 19.6. The first-order valence-electron chi connectivity index (χ1n) is 7.71. The van der Waals surface area contributed by atoms with Crippen molar-refractivity contribution in [3.8, 4) is 0 Å². The highest BCUT2D eigenvalue weighted by Gasteiger charge is 2.22. The van der Waals surface area contributed by atoms with Crippen LogP contribution in [-0.2, 0) is 11.3 Å². The van der Waals surface area contributed by atoms with E-state index in [9.17, 15) is 0 Å². The Hall–Kier alpha value is -1.13. The van der Waals surface area contributed by atoms with E-state index in [2.05, 4.69) is 49.2 Å². The average molecular weight is 277 g/mol. The third-order valence-electron chi connectivity index (χ3n) is 3.64. The van der Waals surface area contributed by atoms with Crippen LogP contribution >= 0.6 is 0 Å². The molecule has 0 aromatic carbocycles. The monoisotopic (exact) mass is 277 g/mol. The fraction of sp³-hybridized carbons (Fsp3) is 0.688. The van der Waals surface area contributed by atoms with Gasteiger partial charge in [0.25, 0.3) is 0 Å². The van der Waals surface area contributed by atoms with Crippen molar-refractivity contribution in [1.29, 1.82) is 0 Å². The second-order valence-corrected chi connectivity index (χ2v) is 5.84. The number of anilines is 1. The van der Waals surface area contributed by atoms with Crippen LogP contribution in [0.5, 0.6) is 0 Å². The average Bonchev–Trinajstić information content (AvgIpc) is 2.47. The van der Waals surface area contributed by atoms with Gasteiger partial charge in [0.2, 0.25) is 0 Å². The lowest BCUT2D eigenvalue weighted by Gasteiger charge is -2.36. The van der Waals surface area contributed by atoms with Crippen LogP contribution < -0.4 is 10.2 Å². The second-order valence-electron chi connectivity index (χ2n) is 5.84. The summed E-state index contributed by atoms with van der Waals surface area (Å²) < 4.78 is 5.56. The minimum absolute atomic E-state index is 0.454. The van der Waals surface area contributed by atoms with Crippen LogP contribution in [0.25, 0.3) is 0 Å². The maximum Gasteiger partial charge on any atom is 0.129 e. The molecule has 112 valence electrons. The van der Waals surface area contributed by atoms with Crippen molar-refractivity contribution in [2.75, 3.05) is 31.2 Å². The molecule has 0 bridgehead atoms. The van der Waals surface area contributed by atoms with Crippen LogP contribution in [-0.4, -0.2) is 37.3 Å². The molecule has 1 aromatic heterocycles. The SMILES string of the molecule is CCC1COCCN1c1cccc(CNCC(C)C)n1. The summed E-state index contributed by atoms with van der Waals surface area (Å²) in [6, 6.07) is 6.77. The quantitative estimate of drug-likeness (QED) is 0.866. The van der Waals surface area contributed by atoms with Crippen molar-refractivity contribution in [3.05, 3.63) is 23.9 Å². The Balaban J connectivity index is 2.00. The van der Waals surface area contributed by atoms with Crippen molar-refractivity contribution in [1.82, 2.24) is 10.3 Å². The molecule has 0 amide bonds. The highest BCUT2D eigenvalue weighted by atomic mass is 16.5. The van der Waals surface area contributed by atoms with E-state index >= 15 is 0 Å². The summed E-state index contributed by atoms with van der Waals surface area (Å²) in [4.78, 5) is 7.18. The van der Waals surface area contributed by atoms with Gasteiger partial charge in [-0.05, 0) is 31.0 Å². The van der Waals surface area contributed by atoms with Crippen LogP contribution in [0.1, 0.15) is 32.9 Å². The predicted octanol–water partition coefficient (Wildman–Crippen LogP) is 2.44. The van der Waals surface area contributed by atoms with E-state index in [4.69, 9.17) is 9.72 Å². The standard InChI is InChI=1S/C16H27N3O/c1-4-15-12-20-9-8-19(15)16-7-5-6-14(18-16)11-17-10-13(2)3/h5-7,13,15,17H,4,8-12H2,1-3H3. The van der Waals surface area contributed by atoms with Crippen molar-refractivity contribution in [3.63, 3.8) is 0 Å². The molecule has 1 fully saturated rings. The van der Waals surface area contributed by atoms with E-state index in [1.54, 1.807) is 0 Å². The molecule has 4 nitrogen and oxygen atoms in total. The highest BCUT2D eigenvalue weighted by Crippen LogP contribution is 2.19. The van der Waals surface area contributed by atoms with Gasteiger partial charge in [0, 0.05) is 13.1 Å². The smallest absolute Gasteiger partial charge is 0.129 e. The van der Waals surface area contributed by atoms with Gasteiger partial charge in [-0.15, -0.1) is 0 Å². The Bertz CT molecular complexity index is 408. The van der Waals surface area contributed by atoms with Crippen LogP contribution in [0.4, 0.5) is 5.82 Å². The lowest BCUT2D eigenvalue weighted by Crippen LogP contribution is -2.45. The zero-order chi connectivity index (χ0) is 14.4. The Morgan fingerprint density at radius 1 is 1.45 bits per heavy atom. The molecular formula is C16H27N3O. The molecule has 1 aliphatic heterocycles. The van der Waals surface area contributed by atoms with Gasteiger partial charge in [-0.2, -0.15) is 0 Å². The molecule has 0 aliphatic carbocycles. The third-order valence-corrected chi connectivity index (χ3v) is 3.64. The first-order chi connectivity index (χ1) is 9.70. The van der Waals surface area contributed by atoms with E-state index < -0.39 is 0 Å². The molecule has 20 heavy (non-hydrogen) atoms. The minimum atomic E-state index is 0.454. The van der Waals surface area contributed by atoms with Crippen LogP contribution in [0.3, 0.4) is 0 Å². The first kappa shape index (κ1) is 15.3. The summed E-state index contributed by atoms with van der Waals surface area (Å²) in [6.45, 7) is 11.1. The summed E-state index contributed by atoms with van der Waals surface area (Å²) in [6.07, 6.45) is 1.09. The molecular weight excluding hydrogens is 250 g/mol.